The van der Waals surface area contributed by atoms with Crippen LogP contribution in [0.25, 0.3) is 0 Å². The summed E-state index contributed by atoms with van der Waals surface area (Å²) < 4.78 is 9.89. The smallest absolute Gasteiger partial charge is 0.417 e. The first-order valence-electron chi connectivity index (χ1n) is 11.9. The van der Waals surface area contributed by atoms with E-state index in [1.54, 1.807) is 0 Å². The molecule has 166 valence electrons. The Bertz CT molecular complexity index is 366. The third-order valence-electron chi connectivity index (χ3n) is 5.06. The second-order valence-electron chi connectivity index (χ2n) is 8.40. The lowest BCUT2D eigenvalue weighted by Crippen LogP contribution is -2.21. The highest BCUT2D eigenvalue weighted by atomic mass is 16.6. The molecule has 28 heavy (non-hydrogen) atoms. The monoisotopic (exact) mass is 398 g/mol. The van der Waals surface area contributed by atoms with E-state index in [4.69, 9.17) is 9.47 Å². The number of carbonyl (C=O) groups excluding carboxylic acids is 2. The highest BCUT2D eigenvalue weighted by molar-refractivity contribution is 6.29. The molecule has 0 amide bonds. The van der Waals surface area contributed by atoms with Crippen molar-refractivity contribution in [2.75, 3.05) is 13.2 Å². The molecular weight excluding hydrogens is 352 g/mol. The lowest BCUT2D eigenvalue weighted by Gasteiger charge is -2.07. The van der Waals surface area contributed by atoms with Gasteiger partial charge in [0, 0.05) is 0 Å². The number of ether oxygens (including phenoxy) is 2. The van der Waals surface area contributed by atoms with Crippen LogP contribution < -0.4 is 0 Å². The second kappa shape index (κ2) is 20.7. The minimum absolute atomic E-state index is 0.297. The first kappa shape index (κ1) is 26.9. The molecule has 0 aliphatic heterocycles. The molecular formula is C24H46O4. The summed E-state index contributed by atoms with van der Waals surface area (Å²) in [7, 11) is 0. The van der Waals surface area contributed by atoms with Gasteiger partial charge in [-0.1, -0.05) is 104 Å². The fourth-order valence-corrected chi connectivity index (χ4v) is 3.24. The summed E-state index contributed by atoms with van der Waals surface area (Å²) in [5, 5.41) is 0. The standard InChI is InChI=1S/C24H46O4/c1-4-5-6-7-8-9-10-11-12-13-14-15-16-17-20-27-23(25)24(26)28-21-18-19-22(2)3/h22H,4-21H2,1-3H3. The normalized spacial score (nSPS) is 11.0. The molecule has 0 unspecified atom stereocenters. The Morgan fingerprint density at radius 1 is 0.571 bits per heavy atom. The highest BCUT2D eigenvalue weighted by Crippen LogP contribution is 2.13. The molecule has 0 aliphatic rings. The van der Waals surface area contributed by atoms with Gasteiger partial charge in [-0.2, -0.15) is 0 Å². The number of rotatable bonds is 19. The van der Waals surface area contributed by atoms with E-state index in [1.165, 1.54) is 77.0 Å². The van der Waals surface area contributed by atoms with Crippen molar-refractivity contribution in [1.82, 2.24) is 0 Å². The summed E-state index contributed by atoms with van der Waals surface area (Å²) >= 11 is 0. The van der Waals surface area contributed by atoms with Crippen LogP contribution in [0.1, 0.15) is 124 Å². The molecule has 0 spiro atoms. The molecule has 0 heterocycles. The van der Waals surface area contributed by atoms with E-state index in [1.807, 2.05) is 0 Å². The SMILES string of the molecule is CCCCCCCCCCCCCCCCOC(=O)C(=O)OCCCC(C)C. The number of hydrogen-bond donors (Lipinski definition) is 0. The zero-order valence-electron chi connectivity index (χ0n) is 18.9. The van der Waals surface area contributed by atoms with Gasteiger partial charge < -0.3 is 9.47 Å². The molecule has 4 nitrogen and oxygen atoms in total. The topological polar surface area (TPSA) is 52.6 Å². The van der Waals surface area contributed by atoms with Crippen molar-refractivity contribution in [2.24, 2.45) is 5.92 Å². The zero-order valence-corrected chi connectivity index (χ0v) is 18.9. The predicted molar refractivity (Wildman–Crippen MR) is 116 cm³/mol. The first-order valence-corrected chi connectivity index (χ1v) is 11.9. The van der Waals surface area contributed by atoms with Crippen LogP contribution >= 0.6 is 0 Å². The Balaban J connectivity index is 3.27. The Kier molecular flexibility index (Phi) is 19.9. The minimum Gasteiger partial charge on any atom is -0.457 e. The maximum atomic E-state index is 11.5. The van der Waals surface area contributed by atoms with Crippen LogP contribution in [0.15, 0.2) is 0 Å². The lowest BCUT2D eigenvalue weighted by molar-refractivity contribution is -0.167. The molecule has 0 aliphatic carbocycles. The van der Waals surface area contributed by atoms with Crippen LogP contribution in [-0.2, 0) is 19.1 Å². The van der Waals surface area contributed by atoms with E-state index in [0.29, 0.717) is 19.1 Å². The molecule has 0 N–H and O–H groups in total. The Morgan fingerprint density at radius 2 is 0.929 bits per heavy atom. The maximum absolute atomic E-state index is 11.5. The van der Waals surface area contributed by atoms with Crippen molar-refractivity contribution in [2.45, 2.75) is 124 Å². The van der Waals surface area contributed by atoms with E-state index in [0.717, 1.165) is 25.7 Å². The molecule has 0 rings (SSSR count). The highest BCUT2D eigenvalue weighted by Gasteiger charge is 2.16. The van der Waals surface area contributed by atoms with Crippen molar-refractivity contribution in [3.8, 4) is 0 Å². The van der Waals surface area contributed by atoms with Crippen molar-refractivity contribution in [1.29, 1.82) is 0 Å². The van der Waals surface area contributed by atoms with Gasteiger partial charge in [0.2, 0.25) is 0 Å². The fraction of sp³-hybridized carbons (Fsp3) is 0.917. The van der Waals surface area contributed by atoms with E-state index in [2.05, 4.69) is 20.8 Å². The molecule has 0 saturated carbocycles. The van der Waals surface area contributed by atoms with Gasteiger partial charge >= 0.3 is 11.9 Å². The van der Waals surface area contributed by atoms with Crippen molar-refractivity contribution < 1.29 is 19.1 Å². The summed E-state index contributed by atoms with van der Waals surface area (Å²) in [6.07, 6.45) is 19.8. The van der Waals surface area contributed by atoms with Gasteiger partial charge in [-0.15, -0.1) is 0 Å². The van der Waals surface area contributed by atoms with E-state index in [9.17, 15) is 9.59 Å². The van der Waals surface area contributed by atoms with E-state index < -0.39 is 11.9 Å². The lowest BCUT2D eigenvalue weighted by atomic mass is 10.0. The average molecular weight is 399 g/mol. The van der Waals surface area contributed by atoms with Gasteiger partial charge in [0.25, 0.3) is 0 Å². The van der Waals surface area contributed by atoms with Crippen LogP contribution in [0.5, 0.6) is 0 Å². The Morgan fingerprint density at radius 3 is 1.32 bits per heavy atom. The molecule has 4 heteroatoms. The summed E-state index contributed by atoms with van der Waals surface area (Å²) in [5.74, 6) is -1.13. The van der Waals surface area contributed by atoms with Crippen molar-refractivity contribution >= 4 is 11.9 Å². The van der Waals surface area contributed by atoms with Gasteiger partial charge in [0.05, 0.1) is 13.2 Å². The third kappa shape index (κ3) is 19.7. The Labute approximate surface area is 174 Å². The molecule has 0 fully saturated rings. The van der Waals surface area contributed by atoms with Gasteiger partial charge in [-0.25, -0.2) is 9.59 Å². The predicted octanol–water partition coefficient (Wildman–Crippen LogP) is 6.99. The van der Waals surface area contributed by atoms with Crippen molar-refractivity contribution in [3.63, 3.8) is 0 Å². The van der Waals surface area contributed by atoms with Crippen LogP contribution in [0.4, 0.5) is 0 Å². The van der Waals surface area contributed by atoms with Crippen LogP contribution in [-0.4, -0.2) is 25.2 Å². The minimum atomic E-state index is -0.853. The van der Waals surface area contributed by atoms with Gasteiger partial charge in [0.15, 0.2) is 0 Å². The molecule has 0 radical (unpaired) electrons. The summed E-state index contributed by atoms with van der Waals surface area (Å²) in [4.78, 5) is 23.0. The quantitative estimate of drug-likeness (QED) is 0.134. The summed E-state index contributed by atoms with van der Waals surface area (Å²) in [5.41, 5.74) is 0. The van der Waals surface area contributed by atoms with Gasteiger partial charge in [-0.3, -0.25) is 0 Å². The van der Waals surface area contributed by atoms with Crippen LogP contribution in [0.3, 0.4) is 0 Å². The maximum Gasteiger partial charge on any atom is 0.417 e. The van der Waals surface area contributed by atoms with Crippen LogP contribution in [0.2, 0.25) is 0 Å². The average Bonchev–Trinajstić information content (AvgIpc) is 2.67. The fourth-order valence-electron chi connectivity index (χ4n) is 3.24. The van der Waals surface area contributed by atoms with Gasteiger partial charge in [-0.05, 0) is 25.2 Å². The molecule has 0 aromatic carbocycles. The molecule has 0 bridgehead atoms. The Hall–Kier alpha value is -1.06. The van der Waals surface area contributed by atoms with Crippen LogP contribution in [0, 0.1) is 5.92 Å². The van der Waals surface area contributed by atoms with E-state index in [-0.39, 0.29) is 0 Å². The van der Waals surface area contributed by atoms with Crippen molar-refractivity contribution in [3.05, 3.63) is 0 Å². The third-order valence-corrected chi connectivity index (χ3v) is 5.06. The largest absolute Gasteiger partial charge is 0.457 e. The second-order valence-corrected chi connectivity index (χ2v) is 8.40. The number of esters is 2. The summed E-state index contributed by atoms with van der Waals surface area (Å²) in [6.45, 7) is 7.11. The molecule has 0 atom stereocenters. The number of carbonyl (C=O) groups is 2. The number of unbranched alkanes of at least 4 members (excludes halogenated alkanes) is 13. The molecule has 0 aromatic rings. The molecule has 0 aromatic heterocycles. The van der Waals surface area contributed by atoms with Gasteiger partial charge in [0.1, 0.15) is 0 Å². The van der Waals surface area contributed by atoms with E-state index >= 15 is 0 Å². The zero-order chi connectivity index (χ0) is 20.9. The first-order chi connectivity index (χ1) is 13.6. The number of hydrogen-bond acceptors (Lipinski definition) is 4. The summed E-state index contributed by atoms with van der Waals surface area (Å²) in [6, 6.07) is 0. The molecule has 0 saturated heterocycles.